The van der Waals surface area contributed by atoms with Crippen LogP contribution in [-0.4, -0.2) is 41.4 Å². The van der Waals surface area contributed by atoms with Gasteiger partial charge in [-0.1, -0.05) is 12.1 Å². The smallest absolute Gasteiger partial charge is 0.387 e. The Hall–Kier alpha value is -2.97. The maximum atomic E-state index is 12.1. The normalized spacial score (nSPS) is 10.8. The number of nitrogens with one attached hydrogen (secondary N) is 1. The minimum Gasteiger partial charge on any atom is -0.455 e. The van der Waals surface area contributed by atoms with Crippen molar-refractivity contribution in [2.45, 2.75) is 33.3 Å². The number of amides is 1. The van der Waals surface area contributed by atoms with Crippen molar-refractivity contribution in [2.75, 3.05) is 13.2 Å². The van der Waals surface area contributed by atoms with Crippen molar-refractivity contribution in [3.63, 3.8) is 0 Å². The molecule has 1 N–H and O–H groups in total. The largest absolute Gasteiger partial charge is 0.455 e. The second-order valence-corrected chi connectivity index (χ2v) is 6.23. The van der Waals surface area contributed by atoms with Gasteiger partial charge in [0.15, 0.2) is 6.61 Å². The van der Waals surface area contributed by atoms with Crippen LogP contribution >= 0.6 is 0 Å². The zero-order valence-electron chi connectivity index (χ0n) is 16.0. The van der Waals surface area contributed by atoms with Crippen LogP contribution < -0.4 is 10.1 Å². The Kier molecular flexibility index (Phi) is 7.48. The van der Waals surface area contributed by atoms with Gasteiger partial charge in [-0.25, -0.2) is 0 Å². The van der Waals surface area contributed by atoms with E-state index in [0.717, 1.165) is 22.5 Å². The average molecular weight is 395 g/mol. The predicted molar refractivity (Wildman–Crippen MR) is 97.1 cm³/mol. The van der Waals surface area contributed by atoms with Gasteiger partial charge in [-0.3, -0.25) is 14.3 Å². The first-order valence-corrected chi connectivity index (χ1v) is 8.71. The molecule has 1 heterocycles. The van der Waals surface area contributed by atoms with Gasteiger partial charge in [0.2, 0.25) is 0 Å². The number of carbonyl (C=O) groups excluding carboxylic acids is 2. The van der Waals surface area contributed by atoms with Crippen LogP contribution in [0.1, 0.15) is 22.5 Å². The maximum Gasteiger partial charge on any atom is 0.387 e. The summed E-state index contributed by atoms with van der Waals surface area (Å²) < 4.78 is 35.2. The number of nitrogens with zero attached hydrogens (tertiary/aromatic N) is 2. The fourth-order valence-corrected chi connectivity index (χ4v) is 2.65. The first-order valence-electron chi connectivity index (χ1n) is 8.71. The zero-order chi connectivity index (χ0) is 20.7. The third kappa shape index (κ3) is 6.33. The predicted octanol–water partition coefficient (Wildman–Crippen LogP) is 2.08. The van der Waals surface area contributed by atoms with Gasteiger partial charge in [0.25, 0.3) is 5.91 Å². The van der Waals surface area contributed by atoms with Crippen molar-refractivity contribution in [1.82, 2.24) is 15.1 Å². The lowest BCUT2D eigenvalue weighted by Crippen LogP contribution is -2.30. The molecule has 152 valence electrons. The summed E-state index contributed by atoms with van der Waals surface area (Å²) in [5.74, 6) is -0.830. The summed E-state index contributed by atoms with van der Waals surface area (Å²) in [6.45, 7) is 0.777. The van der Waals surface area contributed by atoms with Crippen LogP contribution in [0.25, 0.3) is 0 Å². The molecule has 1 amide bonds. The Morgan fingerprint density at radius 3 is 2.46 bits per heavy atom. The van der Waals surface area contributed by atoms with Gasteiger partial charge in [0.05, 0.1) is 12.1 Å². The van der Waals surface area contributed by atoms with Crippen molar-refractivity contribution in [2.24, 2.45) is 7.05 Å². The highest BCUT2D eigenvalue weighted by atomic mass is 19.3. The minimum atomic E-state index is -2.86. The first-order chi connectivity index (χ1) is 13.3. The van der Waals surface area contributed by atoms with Crippen molar-refractivity contribution in [3.8, 4) is 5.75 Å². The molecule has 0 fully saturated rings. The Balaban J connectivity index is 1.69. The first kappa shape index (κ1) is 21.3. The number of hydrogen-bond donors (Lipinski definition) is 1. The summed E-state index contributed by atoms with van der Waals surface area (Å²) in [6.07, 6.45) is 0.564. The number of esters is 1. The van der Waals surface area contributed by atoms with E-state index in [1.54, 1.807) is 23.9 Å². The lowest BCUT2D eigenvalue weighted by molar-refractivity contribution is -0.147. The number of alkyl halides is 2. The maximum absolute atomic E-state index is 12.1. The Morgan fingerprint density at radius 2 is 1.89 bits per heavy atom. The number of halogens is 2. The quantitative estimate of drug-likeness (QED) is 0.658. The van der Waals surface area contributed by atoms with E-state index in [0.29, 0.717) is 13.0 Å². The third-order valence-electron chi connectivity index (χ3n) is 4.23. The number of hydrogen-bond acceptors (Lipinski definition) is 5. The summed E-state index contributed by atoms with van der Waals surface area (Å²) in [5, 5.41) is 6.87. The molecule has 7 nitrogen and oxygen atoms in total. The molecule has 0 atom stereocenters. The highest BCUT2D eigenvalue weighted by molar-refractivity contribution is 5.81. The van der Waals surface area contributed by atoms with E-state index in [9.17, 15) is 18.4 Å². The van der Waals surface area contributed by atoms with Crippen LogP contribution in [0.5, 0.6) is 5.75 Å². The molecule has 0 unspecified atom stereocenters. The van der Waals surface area contributed by atoms with Crippen molar-refractivity contribution < 1.29 is 27.8 Å². The minimum absolute atomic E-state index is 0.0613. The SMILES string of the molecule is Cc1nn(C)c(C)c1CC(=O)OCC(=O)NCCc1ccc(OC(F)F)cc1. The summed E-state index contributed by atoms with van der Waals surface area (Å²) in [7, 11) is 1.80. The van der Waals surface area contributed by atoms with E-state index in [4.69, 9.17) is 4.74 Å². The Morgan fingerprint density at radius 1 is 1.21 bits per heavy atom. The molecule has 2 rings (SSSR count). The van der Waals surface area contributed by atoms with Crippen LogP contribution in [0.3, 0.4) is 0 Å². The van der Waals surface area contributed by atoms with Crippen molar-refractivity contribution in [3.05, 3.63) is 46.8 Å². The molecule has 0 saturated heterocycles. The molecular formula is C19H23F2N3O4. The van der Waals surface area contributed by atoms with E-state index in [2.05, 4.69) is 15.2 Å². The fourth-order valence-electron chi connectivity index (χ4n) is 2.65. The molecule has 28 heavy (non-hydrogen) atoms. The monoisotopic (exact) mass is 395 g/mol. The molecule has 0 aliphatic heterocycles. The lowest BCUT2D eigenvalue weighted by atomic mass is 10.1. The highest BCUT2D eigenvalue weighted by Gasteiger charge is 2.15. The second-order valence-electron chi connectivity index (χ2n) is 6.23. The Bertz CT molecular complexity index is 819. The molecule has 1 aromatic heterocycles. The molecule has 0 aliphatic carbocycles. The standard InChI is InChI=1S/C19H23F2N3O4/c1-12-16(13(2)24(3)23-12)10-18(26)27-11-17(25)22-9-8-14-4-6-15(7-5-14)28-19(20)21/h4-7,19H,8-11H2,1-3H3,(H,22,25). The molecule has 0 radical (unpaired) electrons. The molecule has 0 spiro atoms. The number of carbonyl (C=O) groups is 2. The van der Waals surface area contributed by atoms with Gasteiger partial charge < -0.3 is 14.8 Å². The number of ether oxygens (including phenoxy) is 2. The highest BCUT2D eigenvalue weighted by Crippen LogP contribution is 2.15. The number of benzene rings is 1. The fraction of sp³-hybridized carbons (Fsp3) is 0.421. The van der Waals surface area contributed by atoms with Crippen molar-refractivity contribution in [1.29, 1.82) is 0 Å². The topological polar surface area (TPSA) is 82.5 Å². The van der Waals surface area contributed by atoms with Crippen molar-refractivity contribution >= 4 is 11.9 Å². The van der Waals surface area contributed by atoms with Gasteiger partial charge in [-0.05, 0) is 38.0 Å². The zero-order valence-corrected chi connectivity index (χ0v) is 16.0. The van der Waals surface area contributed by atoms with Crippen LogP contribution in [-0.2, 0) is 34.2 Å². The molecule has 0 bridgehead atoms. The molecule has 2 aromatic rings. The van der Waals surface area contributed by atoms with Gasteiger partial charge >= 0.3 is 12.6 Å². The van der Waals surface area contributed by atoms with E-state index in [1.807, 2.05) is 13.8 Å². The number of aromatic nitrogens is 2. The van der Waals surface area contributed by atoms with E-state index in [1.165, 1.54) is 12.1 Å². The Labute approximate surface area is 161 Å². The number of rotatable bonds is 9. The van der Waals surface area contributed by atoms with Gasteiger partial charge in [0, 0.05) is 24.8 Å². The van der Waals surface area contributed by atoms with Gasteiger partial charge in [-0.2, -0.15) is 13.9 Å². The van der Waals surface area contributed by atoms with Gasteiger partial charge in [0.1, 0.15) is 5.75 Å². The molecule has 0 aliphatic rings. The van der Waals surface area contributed by atoms with Crippen LogP contribution in [0, 0.1) is 13.8 Å². The molecule has 0 saturated carbocycles. The van der Waals surface area contributed by atoms with Crippen LogP contribution in [0.2, 0.25) is 0 Å². The summed E-state index contributed by atoms with van der Waals surface area (Å²) >= 11 is 0. The molecular weight excluding hydrogens is 372 g/mol. The molecule has 9 heteroatoms. The lowest BCUT2D eigenvalue weighted by Gasteiger charge is -2.08. The van der Waals surface area contributed by atoms with Crippen LogP contribution in [0.4, 0.5) is 8.78 Å². The van der Waals surface area contributed by atoms with Gasteiger partial charge in [-0.15, -0.1) is 0 Å². The van der Waals surface area contributed by atoms with E-state index in [-0.39, 0.29) is 18.8 Å². The summed E-state index contributed by atoms with van der Waals surface area (Å²) in [4.78, 5) is 23.7. The third-order valence-corrected chi connectivity index (χ3v) is 4.23. The molecule has 1 aromatic carbocycles. The summed E-state index contributed by atoms with van der Waals surface area (Å²) in [5.41, 5.74) is 3.28. The second kappa shape index (κ2) is 9.82. The number of aryl methyl sites for hydroxylation is 2. The van der Waals surface area contributed by atoms with E-state index >= 15 is 0 Å². The van der Waals surface area contributed by atoms with E-state index < -0.39 is 18.5 Å². The summed E-state index contributed by atoms with van der Waals surface area (Å²) in [6, 6.07) is 6.16. The van der Waals surface area contributed by atoms with Crippen LogP contribution in [0.15, 0.2) is 24.3 Å². The average Bonchev–Trinajstić information content (AvgIpc) is 2.87.